The van der Waals surface area contributed by atoms with Gasteiger partial charge < -0.3 is 0 Å². The lowest BCUT2D eigenvalue weighted by Gasteiger charge is -2.13. The van der Waals surface area contributed by atoms with Gasteiger partial charge in [0.05, 0.1) is 7.11 Å². The van der Waals surface area contributed by atoms with E-state index in [1.165, 1.54) is 28.5 Å². The Labute approximate surface area is 107 Å². The van der Waals surface area contributed by atoms with Crippen LogP contribution >= 0.6 is 0 Å². The quantitative estimate of drug-likeness (QED) is 0.773. The Kier molecular flexibility index (Phi) is 3.95. The lowest BCUT2D eigenvalue weighted by atomic mass is 10.0. The zero-order valence-electron chi connectivity index (χ0n) is 10.7. The van der Waals surface area contributed by atoms with Crippen LogP contribution in [0, 0.1) is 0 Å². The topological polar surface area (TPSA) is 29.5 Å². The lowest BCUT2D eigenvalue weighted by Crippen LogP contribution is -2.25. The molecule has 94 valence electrons. The molecule has 2 aromatic rings. The highest BCUT2D eigenvalue weighted by atomic mass is 16.7. The number of nitrogens with zero attached hydrogens (tertiary/aromatic N) is 1. The summed E-state index contributed by atoms with van der Waals surface area (Å²) in [4.78, 5) is 16.5. The first-order valence-electron chi connectivity index (χ1n) is 5.99. The minimum Gasteiger partial charge on any atom is -0.275 e. The molecule has 0 aliphatic rings. The van der Waals surface area contributed by atoms with E-state index < -0.39 is 0 Å². The van der Waals surface area contributed by atoms with Crippen LogP contribution in [-0.4, -0.2) is 25.1 Å². The first-order chi connectivity index (χ1) is 8.70. The Morgan fingerprint density at radius 2 is 1.89 bits per heavy atom. The number of hydrogen-bond acceptors (Lipinski definition) is 2. The predicted molar refractivity (Wildman–Crippen MR) is 72.0 cm³/mol. The summed E-state index contributed by atoms with van der Waals surface area (Å²) in [5, 5.41) is 3.70. The second-order valence-electron chi connectivity index (χ2n) is 4.26. The van der Waals surface area contributed by atoms with Gasteiger partial charge in [-0.2, -0.15) is 0 Å². The molecule has 0 atom stereocenters. The largest absolute Gasteiger partial charge is 0.275 e. The summed E-state index contributed by atoms with van der Waals surface area (Å²) in [6.45, 7) is 0. The van der Waals surface area contributed by atoms with Gasteiger partial charge in [0, 0.05) is 13.5 Å². The molecule has 0 fully saturated rings. The van der Waals surface area contributed by atoms with Crippen LogP contribution in [0.5, 0.6) is 0 Å². The molecule has 0 aliphatic heterocycles. The van der Waals surface area contributed by atoms with Gasteiger partial charge in [0.2, 0.25) is 5.91 Å². The summed E-state index contributed by atoms with van der Waals surface area (Å²) in [7, 11) is 3.12. The number of fused-ring (bicyclic) bond motifs is 1. The molecule has 2 rings (SSSR count). The Morgan fingerprint density at radius 1 is 1.17 bits per heavy atom. The minimum atomic E-state index is -0.00865. The van der Waals surface area contributed by atoms with Crippen molar-refractivity contribution >= 4 is 16.7 Å². The predicted octanol–water partition coefficient (Wildman–Crippen LogP) is 2.79. The molecule has 18 heavy (non-hydrogen) atoms. The first-order valence-corrected chi connectivity index (χ1v) is 5.99. The molecule has 0 spiro atoms. The minimum absolute atomic E-state index is 0.00865. The van der Waals surface area contributed by atoms with E-state index in [0.29, 0.717) is 6.42 Å². The fourth-order valence-electron chi connectivity index (χ4n) is 1.90. The van der Waals surface area contributed by atoms with Crippen molar-refractivity contribution in [2.24, 2.45) is 0 Å². The van der Waals surface area contributed by atoms with Gasteiger partial charge in [0.1, 0.15) is 0 Å². The highest BCUT2D eigenvalue weighted by molar-refractivity contribution is 5.83. The summed E-state index contributed by atoms with van der Waals surface area (Å²) in [6, 6.07) is 14.5. The molecule has 0 unspecified atom stereocenters. The van der Waals surface area contributed by atoms with E-state index in [1.54, 1.807) is 7.05 Å². The van der Waals surface area contributed by atoms with Crippen molar-refractivity contribution in [1.82, 2.24) is 5.06 Å². The molecule has 2 aromatic carbocycles. The lowest BCUT2D eigenvalue weighted by molar-refractivity contribution is -0.168. The Hall–Kier alpha value is -1.87. The summed E-state index contributed by atoms with van der Waals surface area (Å²) in [5.41, 5.74) is 1.17. The Bertz CT molecular complexity index is 551. The molecule has 0 bridgehead atoms. The van der Waals surface area contributed by atoms with Gasteiger partial charge >= 0.3 is 0 Å². The van der Waals surface area contributed by atoms with Gasteiger partial charge in [-0.3, -0.25) is 9.63 Å². The maximum absolute atomic E-state index is 11.6. The van der Waals surface area contributed by atoms with Crippen molar-refractivity contribution in [2.45, 2.75) is 12.8 Å². The highest BCUT2D eigenvalue weighted by Crippen LogP contribution is 2.16. The molecule has 3 nitrogen and oxygen atoms in total. The second-order valence-corrected chi connectivity index (χ2v) is 4.26. The van der Waals surface area contributed by atoms with E-state index in [4.69, 9.17) is 4.84 Å². The fourth-order valence-corrected chi connectivity index (χ4v) is 1.90. The van der Waals surface area contributed by atoms with Gasteiger partial charge in [-0.05, 0) is 22.8 Å². The summed E-state index contributed by atoms with van der Waals surface area (Å²) in [6.07, 6.45) is 1.19. The number of rotatable bonds is 4. The van der Waals surface area contributed by atoms with E-state index in [-0.39, 0.29) is 5.91 Å². The van der Waals surface area contributed by atoms with Crippen LogP contribution in [0.4, 0.5) is 0 Å². The first kappa shape index (κ1) is 12.6. The van der Waals surface area contributed by atoms with Crippen LogP contribution < -0.4 is 0 Å². The Balaban J connectivity index is 2.06. The van der Waals surface area contributed by atoms with Crippen molar-refractivity contribution in [1.29, 1.82) is 0 Å². The normalized spacial score (nSPS) is 10.6. The summed E-state index contributed by atoms with van der Waals surface area (Å²) in [5.74, 6) is -0.00865. The fraction of sp³-hybridized carbons (Fsp3) is 0.267. The monoisotopic (exact) mass is 243 g/mol. The van der Waals surface area contributed by atoms with Gasteiger partial charge in [-0.25, -0.2) is 5.06 Å². The van der Waals surface area contributed by atoms with Crippen molar-refractivity contribution in [3.05, 3.63) is 48.0 Å². The molecule has 0 saturated heterocycles. The second kappa shape index (κ2) is 5.65. The summed E-state index contributed by atoms with van der Waals surface area (Å²) >= 11 is 0. The smallest absolute Gasteiger partial charge is 0.246 e. The van der Waals surface area contributed by atoms with Crippen LogP contribution in [0.1, 0.15) is 12.0 Å². The molecule has 0 heterocycles. The SMILES string of the molecule is CON(C)C(=O)CCc1ccc2ccccc2c1. The zero-order valence-corrected chi connectivity index (χ0v) is 10.7. The molecule has 0 aromatic heterocycles. The van der Waals surface area contributed by atoms with Crippen LogP contribution in [0.25, 0.3) is 10.8 Å². The molecule has 0 aliphatic carbocycles. The summed E-state index contributed by atoms with van der Waals surface area (Å²) < 4.78 is 0. The van der Waals surface area contributed by atoms with Crippen molar-refractivity contribution in [3.8, 4) is 0 Å². The number of amides is 1. The third-order valence-corrected chi connectivity index (χ3v) is 3.07. The molecule has 0 N–H and O–H groups in total. The third kappa shape index (κ3) is 2.87. The molecule has 3 heteroatoms. The third-order valence-electron chi connectivity index (χ3n) is 3.07. The Morgan fingerprint density at radius 3 is 2.61 bits per heavy atom. The molecule has 1 amide bonds. The maximum Gasteiger partial charge on any atom is 0.246 e. The number of benzene rings is 2. The zero-order chi connectivity index (χ0) is 13.0. The van der Waals surface area contributed by atoms with E-state index in [2.05, 4.69) is 30.3 Å². The van der Waals surface area contributed by atoms with Crippen molar-refractivity contribution in [2.75, 3.05) is 14.2 Å². The maximum atomic E-state index is 11.6. The number of hydrogen-bond donors (Lipinski definition) is 0. The van der Waals surface area contributed by atoms with E-state index >= 15 is 0 Å². The molecule has 0 saturated carbocycles. The molecular weight excluding hydrogens is 226 g/mol. The highest BCUT2D eigenvalue weighted by Gasteiger charge is 2.07. The number of carbonyl (C=O) groups excluding carboxylic acids is 1. The van der Waals surface area contributed by atoms with Crippen LogP contribution in [0.3, 0.4) is 0 Å². The van der Waals surface area contributed by atoms with E-state index in [0.717, 1.165) is 6.42 Å². The molecular formula is C15H17NO2. The average molecular weight is 243 g/mol. The van der Waals surface area contributed by atoms with Gasteiger partial charge in [-0.1, -0.05) is 42.5 Å². The van der Waals surface area contributed by atoms with Crippen molar-refractivity contribution in [3.63, 3.8) is 0 Å². The number of aryl methyl sites for hydroxylation is 1. The average Bonchev–Trinajstić information content (AvgIpc) is 2.43. The van der Waals surface area contributed by atoms with Gasteiger partial charge in [0.25, 0.3) is 0 Å². The number of carbonyl (C=O) groups is 1. The standard InChI is InChI=1S/C15H17NO2/c1-16(18-2)15(17)10-8-12-7-9-13-5-3-4-6-14(13)11-12/h3-7,9,11H,8,10H2,1-2H3. The van der Waals surface area contributed by atoms with Gasteiger partial charge in [-0.15, -0.1) is 0 Å². The van der Waals surface area contributed by atoms with Crippen molar-refractivity contribution < 1.29 is 9.63 Å². The number of hydroxylamine groups is 2. The van der Waals surface area contributed by atoms with E-state index in [9.17, 15) is 4.79 Å². The van der Waals surface area contributed by atoms with Crippen LogP contribution in [-0.2, 0) is 16.1 Å². The molecule has 0 radical (unpaired) electrons. The van der Waals surface area contributed by atoms with Crippen LogP contribution in [0.2, 0.25) is 0 Å². The van der Waals surface area contributed by atoms with E-state index in [1.807, 2.05) is 12.1 Å². The van der Waals surface area contributed by atoms with Gasteiger partial charge in [0.15, 0.2) is 0 Å². The van der Waals surface area contributed by atoms with Crippen LogP contribution in [0.15, 0.2) is 42.5 Å².